The van der Waals surface area contributed by atoms with Crippen molar-refractivity contribution in [3.63, 3.8) is 0 Å². The minimum absolute atomic E-state index is 0.0681. The van der Waals surface area contributed by atoms with Gasteiger partial charge in [-0.3, -0.25) is 0 Å². The Morgan fingerprint density at radius 1 is 1.00 bits per heavy atom. The van der Waals surface area contributed by atoms with E-state index in [2.05, 4.69) is 0 Å². The van der Waals surface area contributed by atoms with Gasteiger partial charge >= 0.3 is 0 Å². The number of rotatable bonds is 6. The highest BCUT2D eigenvalue weighted by atomic mass is 16.5. The van der Waals surface area contributed by atoms with Gasteiger partial charge in [-0.2, -0.15) is 0 Å². The summed E-state index contributed by atoms with van der Waals surface area (Å²) in [5.41, 5.74) is 2.20. The molecule has 0 saturated carbocycles. The molecule has 3 nitrogen and oxygen atoms in total. The van der Waals surface area contributed by atoms with E-state index in [1.165, 1.54) is 0 Å². The first-order valence-corrected chi connectivity index (χ1v) is 6.65. The van der Waals surface area contributed by atoms with Crippen molar-refractivity contribution >= 4 is 0 Å². The van der Waals surface area contributed by atoms with Crippen molar-refractivity contribution in [2.24, 2.45) is 0 Å². The second-order valence-electron chi connectivity index (χ2n) is 4.67. The van der Waals surface area contributed by atoms with Crippen molar-refractivity contribution in [3.05, 3.63) is 59.7 Å². The summed E-state index contributed by atoms with van der Waals surface area (Å²) < 4.78 is 10.6. The third-order valence-corrected chi connectivity index (χ3v) is 3.45. The largest absolute Gasteiger partial charge is 0.497 e. The van der Waals surface area contributed by atoms with Crippen molar-refractivity contribution in [1.82, 2.24) is 0 Å². The molecule has 0 aliphatic carbocycles. The van der Waals surface area contributed by atoms with Crippen LogP contribution in [0.25, 0.3) is 0 Å². The Hall–Kier alpha value is -2.00. The average Bonchev–Trinajstić information content (AvgIpc) is 2.53. The molecule has 0 aliphatic heterocycles. The first kappa shape index (κ1) is 14.4. The molecule has 0 radical (unpaired) electrons. The van der Waals surface area contributed by atoms with E-state index in [9.17, 15) is 5.11 Å². The summed E-state index contributed by atoms with van der Waals surface area (Å²) in [5.74, 6) is 1.63. The highest BCUT2D eigenvalue weighted by Crippen LogP contribution is 2.29. The number of benzene rings is 2. The molecule has 0 bridgehead atoms. The highest BCUT2D eigenvalue weighted by molar-refractivity contribution is 5.42. The lowest BCUT2D eigenvalue weighted by Crippen LogP contribution is -2.08. The normalized spacial score (nSPS) is 11.9. The molecule has 0 aromatic heterocycles. The smallest absolute Gasteiger partial charge is 0.125 e. The summed E-state index contributed by atoms with van der Waals surface area (Å²) in [4.78, 5) is 0. The Labute approximate surface area is 119 Å². The van der Waals surface area contributed by atoms with Crippen LogP contribution in [0, 0.1) is 0 Å². The van der Waals surface area contributed by atoms with Crippen molar-refractivity contribution in [2.75, 3.05) is 20.8 Å². The Kier molecular flexibility index (Phi) is 5.02. The second-order valence-corrected chi connectivity index (χ2v) is 4.67. The maximum absolute atomic E-state index is 9.64. The van der Waals surface area contributed by atoms with Gasteiger partial charge in [0.25, 0.3) is 0 Å². The molecule has 0 fully saturated rings. The third kappa shape index (κ3) is 3.31. The predicted octanol–water partition coefficient (Wildman–Crippen LogP) is 3.02. The summed E-state index contributed by atoms with van der Waals surface area (Å²) in [6, 6.07) is 15.8. The molecule has 0 aliphatic rings. The fourth-order valence-electron chi connectivity index (χ4n) is 2.30. The number of methoxy groups -OCH3 is 2. The monoisotopic (exact) mass is 272 g/mol. The van der Waals surface area contributed by atoms with Crippen LogP contribution in [-0.2, 0) is 6.42 Å². The molecule has 0 heterocycles. The maximum atomic E-state index is 9.64. The molecule has 2 aromatic carbocycles. The van der Waals surface area contributed by atoms with Gasteiger partial charge < -0.3 is 14.6 Å². The number of hydrogen-bond donors (Lipinski definition) is 1. The van der Waals surface area contributed by atoms with Crippen molar-refractivity contribution in [1.29, 1.82) is 0 Å². The van der Waals surface area contributed by atoms with Crippen LogP contribution in [-0.4, -0.2) is 25.9 Å². The summed E-state index contributed by atoms with van der Waals surface area (Å²) in [7, 11) is 3.28. The van der Waals surface area contributed by atoms with Crippen molar-refractivity contribution in [3.8, 4) is 11.5 Å². The van der Waals surface area contributed by atoms with Crippen LogP contribution in [0.1, 0.15) is 17.0 Å². The molecule has 0 amide bonds. The van der Waals surface area contributed by atoms with E-state index in [0.717, 1.165) is 29.0 Å². The van der Waals surface area contributed by atoms with E-state index in [1.54, 1.807) is 14.2 Å². The molecule has 1 unspecified atom stereocenters. The van der Waals surface area contributed by atoms with E-state index in [1.807, 2.05) is 48.5 Å². The molecule has 1 atom stereocenters. The predicted molar refractivity (Wildman–Crippen MR) is 79.5 cm³/mol. The van der Waals surface area contributed by atoms with Gasteiger partial charge in [0.2, 0.25) is 0 Å². The van der Waals surface area contributed by atoms with Gasteiger partial charge in [0, 0.05) is 12.0 Å². The molecule has 20 heavy (non-hydrogen) atoms. The molecule has 0 saturated heterocycles. The third-order valence-electron chi connectivity index (χ3n) is 3.45. The fourth-order valence-corrected chi connectivity index (χ4v) is 2.30. The topological polar surface area (TPSA) is 38.7 Å². The molecule has 1 N–H and O–H groups in total. The van der Waals surface area contributed by atoms with Crippen LogP contribution in [0.15, 0.2) is 48.5 Å². The summed E-state index contributed by atoms with van der Waals surface area (Å²) in [6.07, 6.45) is 0.730. The van der Waals surface area contributed by atoms with E-state index in [4.69, 9.17) is 9.47 Å². The lowest BCUT2D eigenvalue weighted by molar-refractivity contribution is 0.263. The zero-order valence-electron chi connectivity index (χ0n) is 11.9. The van der Waals surface area contributed by atoms with Gasteiger partial charge in [0.05, 0.1) is 20.8 Å². The van der Waals surface area contributed by atoms with Crippen LogP contribution >= 0.6 is 0 Å². The average molecular weight is 272 g/mol. The van der Waals surface area contributed by atoms with Crippen LogP contribution in [0.5, 0.6) is 11.5 Å². The second kappa shape index (κ2) is 6.96. The first-order valence-electron chi connectivity index (χ1n) is 6.65. The molecular formula is C17H20O3. The lowest BCUT2D eigenvalue weighted by Gasteiger charge is -2.17. The molecule has 0 spiro atoms. The fraction of sp³-hybridized carbons (Fsp3) is 0.294. The number of ether oxygens (including phenoxy) is 2. The van der Waals surface area contributed by atoms with Gasteiger partial charge in [-0.25, -0.2) is 0 Å². The van der Waals surface area contributed by atoms with E-state index in [0.29, 0.717) is 0 Å². The maximum Gasteiger partial charge on any atom is 0.125 e. The molecule has 3 heteroatoms. The SMILES string of the molecule is COc1ccc(CC(CO)c2ccccc2)c(OC)c1. The Balaban J connectivity index is 2.23. The zero-order valence-corrected chi connectivity index (χ0v) is 11.9. The van der Waals surface area contributed by atoms with Gasteiger partial charge in [0.1, 0.15) is 11.5 Å². The quantitative estimate of drug-likeness (QED) is 0.878. The summed E-state index contributed by atoms with van der Waals surface area (Å²) >= 11 is 0. The number of hydrogen-bond acceptors (Lipinski definition) is 3. The van der Waals surface area contributed by atoms with Crippen LogP contribution < -0.4 is 9.47 Å². The van der Waals surface area contributed by atoms with Crippen LogP contribution in [0.2, 0.25) is 0 Å². The molecule has 2 aromatic rings. The number of aliphatic hydroxyl groups is 1. The Morgan fingerprint density at radius 3 is 2.35 bits per heavy atom. The zero-order chi connectivity index (χ0) is 14.4. The highest BCUT2D eigenvalue weighted by Gasteiger charge is 2.14. The van der Waals surface area contributed by atoms with Gasteiger partial charge in [-0.15, -0.1) is 0 Å². The van der Waals surface area contributed by atoms with Gasteiger partial charge in [-0.1, -0.05) is 36.4 Å². The van der Waals surface area contributed by atoms with E-state index < -0.39 is 0 Å². The lowest BCUT2D eigenvalue weighted by atomic mass is 9.92. The molecule has 106 valence electrons. The van der Waals surface area contributed by atoms with Gasteiger partial charge in [-0.05, 0) is 23.6 Å². The van der Waals surface area contributed by atoms with E-state index >= 15 is 0 Å². The first-order chi connectivity index (χ1) is 9.78. The van der Waals surface area contributed by atoms with Crippen molar-refractivity contribution in [2.45, 2.75) is 12.3 Å². The minimum atomic E-state index is 0.0681. The van der Waals surface area contributed by atoms with Crippen LogP contribution in [0.3, 0.4) is 0 Å². The Morgan fingerprint density at radius 2 is 1.75 bits per heavy atom. The summed E-state index contributed by atoms with van der Waals surface area (Å²) in [5, 5.41) is 9.64. The van der Waals surface area contributed by atoms with Gasteiger partial charge in [0.15, 0.2) is 0 Å². The molecule has 2 rings (SSSR count). The number of aliphatic hydroxyl groups excluding tert-OH is 1. The Bertz CT molecular complexity index is 537. The van der Waals surface area contributed by atoms with E-state index in [-0.39, 0.29) is 12.5 Å². The van der Waals surface area contributed by atoms with Crippen LogP contribution in [0.4, 0.5) is 0 Å². The minimum Gasteiger partial charge on any atom is -0.497 e. The standard InChI is InChI=1S/C17H20O3/c1-19-16-9-8-14(17(11-16)20-2)10-15(12-18)13-6-4-3-5-7-13/h3-9,11,15,18H,10,12H2,1-2H3. The molecular weight excluding hydrogens is 252 g/mol. The summed E-state index contributed by atoms with van der Waals surface area (Å²) in [6.45, 7) is 0.110. The van der Waals surface area contributed by atoms with Crippen molar-refractivity contribution < 1.29 is 14.6 Å².